The summed E-state index contributed by atoms with van der Waals surface area (Å²) in [6, 6.07) is 15.5. The molecule has 0 saturated carbocycles. The van der Waals surface area contributed by atoms with Gasteiger partial charge in [-0.25, -0.2) is 0 Å². The highest BCUT2D eigenvalue weighted by molar-refractivity contribution is 5.91. The van der Waals surface area contributed by atoms with Gasteiger partial charge < -0.3 is 10.6 Å². The Morgan fingerprint density at radius 2 is 1.19 bits per heavy atom. The Morgan fingerprint density at radius 3 is 1.56 bits per heavy atom. The number of carbonyl (C=O) groups excluding carboxylic acids is 2. The lowest BCUT2D eigenvalue weighted by atomic mass is 9.92. The van der Waals surface area contributed by atoms with E-state index < -0.39 is 0 Å². The van der Waals surface area contributed by atoms with Gasteiger partial charge in [-0.15, -0.1) is 0 Å². The first-order valence-corrected chi connectivity index (χ1v) is 9.23. The zero-order chi connectivity index (χ0) is 19.9. The van der Waals surface area contributed by atoms with Crippen molar-refractivity contribution in [3.8, 4) is 0 Å². The van der Waals surface area contributed by atoms with Crippen molar-refractivity contribution in [2.45, 2.75) is 40.5 Å². The van der Waals surface area contributed by atoms with Gasteiger partial charge in [0.05, 0.1) is 0 Å². The molecule has 142 valence electrons. The summed E-state index contributed by atoms with van der Waals surface area (Å²) in [7, 11) is 0. The zero-order valence-corrected chi connectivity index (χ0v) is 16.5. The van der Waals surface area contributed by atoms with Crippen LogP contribution in [-0.2, 0) is 9.59 Å². The third-order valence-corrected chi connectivity index (χ3v) is 3.87. The summed E-state index contributed by atoms with van der Waals surface area (Å²) in [4.78, 5) is 23.4. The van der Waals surface area contributed by atoms with E-state index in [0.29, 0.717) is 12.8 Å². The summed E-state index contributed by atoms with van der Waals surface area (Å²) in [6.07, 6.45) is 4.98. The molecular formula is C23H28N2O2. The molecule has 27 heavy (non-hydrogen) atoms. The Kier molecular flexibility index (Phi) is 6.94. The van der Waals surface area contributed by atoms with E-state index in [1.54, 1.807) is 0 Å². The number of rotatable bonds is 6. The second-order valence-corrected chi connectivity index (χ2v) is 7.76. The lowest BCUT2D eigenvalue weighted by Gasteiger charge is -2.17. The van der Waals surface area contributed by atoms with Gasteiger partial charge >= 0.3 is 0 Å². The van der Waals surface area contributed by atoms with Crippen LogP contribution in [0.3, 0.4) is 0 Å². The van der Waals surface area contributed by atoms with Crippen LogP contribution in [0.2, 0.25) is 0 Å². The highest BCUT2D eigenvalue weighted by Gasteiger charge is 2.15. The fourth-order valence-electron chi connectivity index (χ4n) is 2.48. The SMILES string of the molecule is CCC(=O)Nc1ccc(/C=C/c2ccc(NC(=O)CC(C)(C)C)cc2)cc1. The minimum absolute atomic E-state index is 0.00738. The van der Waals surface area contributed by atoms with Gasteiger partial charge in [0, 0.05) is 24.2 Å². The van der Waals surface area contributed by atoms with Crippen LogP contribution in [-0.4, -0.2) is 11.8 Å². The van der Waals surface area contributed by atoms with Crippen molar-refractivity contribution < 1.29 is 9.59 Å². The molecule has 0 aliphatic rings. The van der Waals surface area contributed by atoms with Crippen molar-refractivity contribution in [1.29, 1.82) is 0 Å². The molecule has 4 nitrogen and oxygen atoms in total. The van der Waals surface area contributed by atoms with E-state index in [1.807, 2.05) is 88.4 Å². The second-order valence-electron chi connectivity index (χ2n) is 7.76. The summed E-state index contributed by atoms with van der Waals surface area (Å²) in [5.41, 5.74) is 3.67. The lowest BCUT2D eigenvalue weighted by Crippen LogP contribution is -2.19. The minimum atomic E-state index is -0.0261. The molecule has 2 aromatic carbocycles. The molecule has 0 atom stereocenters. The Labute approximate surface area is 161 Å². The second kappa shape index (κ2) is 9.17. The molecule has 0 bridgehead atoms. The van der Waals surface area contributed by atoms with Gasteiger partial charge in [-0.3, -0.25) is 9.59 Å². The van der Waals surface area contributed by atoms with E-state index in [-0.39, 0.29) is 17.2 Å². The van der Waals surface area contributed by atoms with Crippen LogP contribution in [0.15, 0.2) is 48.5 Å². The Hall–Kier alpha value is -2.88. The maximum absolute atomic E-state index is 12.0. The molecule has 4 heteroatoms. The van der Waals surface area contributed by atoms with E-state index in [4.69, 9.17) is 0 Å². The van der Waals surface area contributed by atoms with Crippen LogP contribution in [0.4, 0.5) is 11.4 Å². The number of amides is 2. The maximum atomic E-state index is 12.0. The van der Waals surface area contributed by atoms with Gasteiger partial charge in [-0.1, -0.05) is 64.1 Å². The Balaban J connectivity index is 1.93. The smallest absolute Gasteiger partial charge is 0.224 e. The number of anilines is 2. The lowest BCUT2D eigenvalue weighted by molar-refractivity contribution is -0.118. The van der Waals surface area contributed by atoms with Crippen LogP contribution in [0, 0.1) is 5.41 Å². The molecule has 0 spiro atoms. The third-order valence-electron chi connectivity index (χ3n) is 3.87. The molecule has 0 aliphatic carbocycles. The Morgan fingerprint density at radius 1 is 0.778 bits per heavy atom. The molecule has 0 aromatic heterocycles. The predicted octanol–water partition coefficient (Wildman–Crippen LogP) is 5.58. The molecular weight excluding hydrogens is 336 g/mol. The topological polar surface area (TPSA) is 58.2 Å². The first-order valence-electron chi connectivity index (χ1n) is 9.23. The number of nitrogens with one attached hydrogen (secondary N) is 2. The van der Waals surface area contributed by atoms with Gasteiger partial charge in [0.25, 0.3) is 0 Å². The summed E-state index contributed by atoms with van der Waals surface area (Å²) >= 11 is 0. The van der Waals surface area contributed by atoms with Gasteiger partial charge in [0.15, 0.2) is 0 Å². The first kappa shape index (κ1) is 20.4. The molecule has 0 heterocycles. The molecule has 0 unspecified atom stereocenters. The molecule has 2 aromatic rings. The predicted molar refractivity (Wildman–Crippen MR) is 113 cm³/mol. The third kappa shape index (κ3) is 7.48. The fraction of sp³-hybridized carbons (Fsp3) is 0.304. The van der Waals surface area contributed by atoms with Crippen LogP contribution in [0.25, 0.3) is 12.2 Å². The van der Waals surface area contributed by atoms with Crippen molar-refractivity contribution in [2.75, 3.05) is 10.6 Å². The molecule has 2 rings (SSSR count). The summed E-state index contributed by atoms with van der Waals surface area (Å²) in [5, 5.41) is 5.76. The quantitative estimate of drug-likeness (QED) is 0.657. The van der Waals surface area contributed by atoms with Crippen molar-refractivity contribution in [3.05, 3.63) is 59.7 Å². The highest BCUT2D eigenvalue weighted by Crippen LogP contribution is 2.20. The maximum Gasteiger partial charge on any atom is 0.224 e. The fourth-order valence-corrected chi connectivity index (χ4v) is 2.48. The van der Waals surface area contributed by atoms with Crippen molar-refractivity contribution in [2.24, 2.45) is 5.41 Å². The normalized spacial score (nSPS) is 11.4. The average molecular weight is 364 g/mol. The van der Waals surface area contributed by atoms with E-state index in [1.165, 1.54) is 0 Å². The van der Waals surface area contributed by atoms with Crippen LogP contribution in [0.5, 0.6) is 0 Å². The van der Waals surface area contributed by atoms with Crippen molar-refractivity contribution in [1.82, 2.24) is 0 Å². The number of carbonyl (C=O) groups is 2. The van der Waals surface area contributed by atoms with E-state index >= 15 is 0 Å². The molecule has 0 fully saturated rings. The number of hydrogen-bond acceptors (Lipinski definition) is 2. The van der Waals surface area contributed by atoms with Gasteiger partial charge in [0.1, 0.15) is 0 Å². The molecule has 0 saturated heterocycles. The molecule has 2 amide bonds. The summed E-state index contributed by atoms with van der Waals surface area (Å²) in [5.74, 6) is 0.0361. The molecule has 0 radical (unpaired) electrons. The van der Waals surface area contributed by atoms with E-state index in [2.05, 4.69) is 10.6 Å². The van der Waals surface area contributed by atoms with Gasteiger partial charge in [0.2, 0.25) is 11.8 Å². The van der Waals surface area contributed by atoms with Crippen molar-refractivity contribution in [3.63, 3.8) is 0 Å². The number of benzene rings is 2. The van der Waals surface area contributed by atoms with Gasteiger partial charge in [-0.05, 0) is 40.8 Å². The van der Waals surface area contributed by atoms with E-state index in [0.717, 1.165) is 22.5 Å². The summed E-state index contributed by atoms with van der Waals surface area (Å²) in [6.45, 7) is 7.97. The van der Waals surface area contributed by atoms with Crippen LogP contribution in [0.1, 0.15) is 51.7 Å². The zero-order valence-electron chi connectivity index (χ0n) is 16.5. The van der Waals surface area contributed by atoms with Gasteiger partial charge in [-0.2, -0.15) is 0 Å². The molecule has 0 aliphatic heterocycles. The minimum Gasteiger partial charge on any atom is -0.326 e. The van der Waals surface area contributed by atoms with Crippen LogP contribution < -0.4 is 10.6 Å². The largest absolute Gasteiger partial charge is 0.326 e. The highest BCUT2D eigenvalue weighted by atomic mass is 16.2. The monoisotopic (exact) mass is 364 g/mol. The number of hydrogen-bond donors (Lipinski definition) is 2. The average Bonchev–Trinajstić information content (AvgIpc) is 2.60. The van der Waals surface area contributed by atoms with E-state index in [9.17, 15) is 9.59 Å². The Bertz CT molecular complexity index is 798. The first-order chi connectivity index (χ1) is 12.7. The summed E-state index contributed by atoms with van der Waals surface area (Å²) < 4.78 is 0. The molecule has 2 N–H and O–H groups in total. The standard InChI is InChI=1S/C23H28N2O2/c1-5-21(26)24-19-12-8-17(9-13-19)6-7-18-10-14-20(15-11-18)25-22(27)16-23(2,3)4/h6-15H,5,16H2,1-4H3,(H,24,26)(H,25,27)/b7-6+. The van der Waals surface area contributed by atoms with Crippen LogP contribution >= 0.6 is 0 Å². The van der Waals surface area contributed by atoms with Crippen molar-refractivity contribution >= 4 is 35.3 Å².